The van der Waals surface area contributed by atoms with E-state index < -0.39 is 0 Å². The van der Waals surface area contributed by atoms with Gasteiger partial charge in [-0.15, -0.1) is 21.5 Å². The van der Waals surface area contributed by atoms with Crippen molar-refractivity contribution >= 4 is 39.0 Å². The lowest BCUT2D eigenvalue weighted by atomic mass is 10.1. The summed E-state index contributed by atoms with van der Waals surface area (Å²) >= 11 is 6.96. The van der Waals surface area contributed by atoms with Crippen molar-refractivity contribution in [3.63, 3.8) is 0 Å². The van der Waals surface area contributed by atoms with Crippen molar-refractivity contribution in [2.75, 3.05) is 0 Å². The Kier molecular flexibility index (Phi) is 5.24. The largest absolute Gasteiger partial charge is 0.305 e. The van der Waals surface area contributed by atoms with Crippen molar-refractivity contribution in [2.24, 2.45) is 7.05 Å². The molecule has 0 fully saturated rings. The molecule has 0 radical (unpaired) electrons. The zero-order valence-corrected chi connectivity index (χ0v) is 16.5. The van der Waals surface area contributed by atoms with E-state index in [4.69, 9.17) is 0 Å². The summed E-state index contributed by atoms with van der Waals surface area (Å²) in [5, 5.41) is 11.8. The zero-order chi connectivity index (χ0) is 16.4. The maximum atomic E-state index is 4.38. The van der Waals surface area contributed by atoms with Crippen LogP contribution in [0.1, 0.15) is 30.2 Å². The first kappa shape index (κ1) is 16.7. The highest BCUT2D eigenvalue weighted by molar-refractivity contribution is 9.10. The molecule has 0 spiro atoms. The minimum Gasteiger partial charge on any atom is -0.305 e. The smallest absolute Gasteiger partial charge is 0.191 e. The number of hydrogen-bond acceptors (Lipinski definition) is 4. The van der Waals surface area contributed by atoms with Crippen molar-refractivity contribution in [3.8, 4) is 11.4 Å². The molecule has 0 N–H and O–H groups in total. The molecule has 6 heteroatoms. The molecule has 1 aromatic carbocycles. The van der Waals surface area contributed by atoms with Crippen molar-refractivity contribution in [3.05, 3.63) is 50.6 Å². The first-order valence-electron chi connectivity index (χ1n) is 7.40. The first-order chi connectivity index (χ1) is 11.0. The summed E-state index contributed by atoms with van der Waals surface area (Å²) in [7, 11) is 2.03. The maximum Gasteiger partial charge on any atom is 0.191 e. The molecule has 3 nitrogen and oxygen atoms in total. The van der Waals surface area contributed by atoms with Crippen molar-refractivity contribution < 1.29 is 0 Å². The first-order valence-corrected chi connectivity index (χ1v) is 10.1. The number of hydrogen-bond donors (Lipinski definition) is 0. The third-order valence-electron chi connectivity index (χ3n) is 3.56. The topological polar surface area (TPSA) is 30.7 Å². The summed E-state index contributed by atoms with van der Waals surface area (Å²) in [5.41, 5.74) is 2.43. The lowest BCUT2D eigenvalue weighted by molar-refractivity contribution is 0.794. The Morgan fingerprint density at radius 1 is 1.22 bits per heavy atom. The highest BCUT2D eigenvalue weighted by Gasteiger charge is 2.14. The van der Waals surface area contributed by atoms with Crippen LogP contribution in [-0.4, -0.2) is 14.8 Å². The normalized spacial score (nSPS) is 11.3. The molecule has 2 aromatic heterocycles. The van der Waals surface area contributed by atoms with E-state index in [1.54, 1.807) is 23.1 Å². The average Bonchev–Trinajstić information content (AvgIpc) is 3.14. The van der Waals surface area contributed by atoms with E-state index in [9.17, 15) is 0 Å². The Labute approximate surface area is 153 Å². The van der Waals surface area contributed by atoms with Crippen molar-refractivity contribution in [2.45, 2.75) is 30.7 Å². The Morgan fingerprint density at radius 3 is 2.61 bits per heavy atom. The minimum atomic E-state index is 0.549. The molecule has 0 aliphatic carbocycles. The van der Waals surface area contributed by atoms with Crippen LogP contribution in [0, 0.1) is 0 Å². The summed E-state index contributed by atoms with van der Waals surface area (Å²) in [5.74, 6) is 2.37. The Hall–Kier alpha value is -1.11. The van der Waals surface area contributed by atoms with E-state index in [-0.39, 0.29) is 0 Å². The van der Waals surface area contributed by atoms with E-state index in [2.05, 4.69) is 80.3 Å². The Bertz CT molecular complexity index is 791. The van der Waals surface area contributed by atoms with Crippen molar-refractivity contribution in [1.29, 1.82) is 0 Å². The molecule has 0 atom stereocenters. The molecule has 120 valence electrons. The van der Waals surface area contributed by atoms with Gasteiger partial charge in [-0.25, -0.2) is 0 Å². The SMILES string of the molecule is CC(C)c1cc(-c2nnc(SCc3ccc(Br)cc3)n2C)cs1. The van der Waals surface area contributed by atoms with Gasteiger partial charge in [-0.2, -0.15) is 0 Å². The number of benzene rings is 1. The van der Waals surface area contributed by atoms with Gasteiger partial charge < -0.3 is 4.57 Å². The fourth-order valence-electron chi connectivity index (χ4n) is 2.19. The number of halogens is 1. The molecule has 0 amide bonds. The van der Waals surface area contributed by atoms with Crippen LogP contribution >= 0.6 is 39.0 Å². The van der Waals surface area contributed by atoms with Crippen LogP contribution < -0.4 is 0 Å². The van der Waals surface area contributed by atoms with Crippen LogP contribution in [0.2, 0.25) is 0 Å². The zero-order valence-electron chi connectivity index (χ0n) is 13.3. The van der Waals surface area contributed by atoms with Gasteiger partial charge >= 0.3 is 0 Å². The molecule has 0 aliphatic rings. The second kappa shape index (κ2) is 7.20. The maximum absolute atomic E-state index is 4.38. The third kappa shape index (κ3) is 3.87. The summed E-state index contributed by atoms with van der Waals surface area (Å²) in [6, 6.07) is 10.6. The molecule has 2 heterocycles. The van der Waals surface area contributed by atoms with E-state index in [1.165, 1.54) is 10.4 Å². The molecule has 0 unspecified atom stereocenters. The number of aromatic nitrogens is 3. The molecule has 0 aliphatic heterocycles. The van der Waals surface area contributed by atoms with Crippen LogP contribution in [0.25, 0.3) is 11.4 Å². The summed E-state index contributed by atoms with van der Waals surface area (Å²) in [4.78, 5) is 1.38. The summed E-state index contributed by atoms with van der Waals surface area (Å²) in [6.07, 6.45) is 0. The molecule has 23 heavy (non-hydrogen) atoms. The monoisotopic (exact) mass is 407 g/mol. The highest BCUT2D eigenvalue weighted by Crippen LogP contribution is 2.31. The van der Waals surface area contributed by atoms with E-state index in [0.717, 1.165) is 26.8 Å². The standard InChI is InChI=1S/C17H18BrN3S2/c1-11(2)15-8-13(10-22-15)16-19-20-17(21(16)3)23-9-12-4-6-14(18)7-5-12/h4-8,10-11H,9H2,1-3H3. The van der Waals surface area contributed by atoms with Gasteiger partial charge in [0, 0.05) is 33.1 Å². The average molecular weight is 408 g/mol. The Balaban J connectivity index is 1.74. The van der Waals surface area contributed by atoms with Crippen LogP contribution in [0.4, 0.5) is 0 Å². The summed E-state index contributed by atoms with van der Waals surface area (Å²) in [6.45, 7) is 4.43. The van der Waals surface area contributed by atoms with Crippen molar-refractivity contribution in [1.82, 2.24) is 14.8 Å². The molecular formula is C17H18BrN3S2. The molecule has 3 rings (SSSR count). The van der Waals surface area contributed by atoms with Gasteiger partial charge in [-0.1, -0.05) is 53.7 Å². The van der Waals surface area contributed by atoms with Gasteiger partial charge in [0.1, 0.15) is 0 Å². The van der Waals surface area contributed by atoms with Crippen LogP contribution in [0.15, 0.2) is 45.3 Å². The molecular weight excluding hydrogens is 390 g/mol. The minimum absolute atomic E-state index is 0.549. The van der Waals surface area contributed by atoms with Gasteiger partial charge in [-0.05, 0) is 29.7 Å². The molecule has 0 saturated carbocycles. The number of thioether (sulfide) groups is 1. The second-order valence-corrected chi connectivity index (χ2v) is 8.47. The van der Waals surface area contributed by atoms with Gasteiger partial charge in [0.15, 0.2) is 11.0 Å². The van der Waals surface area contributed by atoms with Gasteiger partial charge in [0.25, 0.3) is 0 Å². The van der Waals surface area contributed by atoms with Crippen LogP contribution in [-0.2, 0) is 12.8 Å². The lowest BCUT2D eigenvalue weighted by Gasteiger charge is -2.03. The van der Waals surface area contributed by atoms with Crippen LogP contribution in [0.3, 0.4) is 0 Å². The third-order valence-corrected chi connectivity index (χ3v) is 6.42. The quantitative estimate of drug-likeness (QED) is 0.506. The van der Waals surface area contributed by atoms with Crippen LogP contribution in [0.5, 0.6) is 0 Å². The predicted molar refractivity (Wildman–Crippen MR) is 102 cm³/mol. The van der Waals surface area contributed by atoms with E-state index in [1.807, 2.05) is 7.05 Å². The summed E-state index contributed by atoms with van der Waals surface area (Å²) < 4.78 is 3.18. The predicted octanol–water partition coefficient (Wildman–Crippen LogP) is 5.72. The fraction of sp³-hybridized carbons (Fsp3) is 0.294. The number of thiophene rings is 1. The number of nitrogens with zero attached hydrogens (tertiary/aromatic N) is 3. The highest BCUT2D eigenvalue weighted by atomic mass is 79.9. The van der Waals surface area contributed by atoms with Gasteiger partial charge in [0.2, 0.25) is 0 Å². The Morgan fingerprint density at radius 2 is 1.96 bits per heavy atom. The van der Waals surface area contributed by atoms with Gasteiger partial charge in [0.05, 0.1) is 0 Å². The van der Waals surface area contributed by atoms with Gasteiger partial charge in [-0.3, -0.25) is 0 Å². The second-order valence-electron chi connectivity index (χ2n) is 5.67. The molecule has 0 saturated heterocycles. The molecule has 3 aromatic rings. The lowest BCUT2D eigenvalue weighted by Crippen LogP contribution is -1.94. The van der Waals surface area contributed by atoms with E-state index in [0.29, 0.717) is 5.92 Å². The van der Waals surface area contributed by atoms with E-state index >= 15 is 0 Å². The fourth-order valence-corrected chi connectivity index (χ4v) is 4.23. The number of rotatable bonds is 5. The molecule has 0 bridgehead atoms.